The third-order valence-corrected chi connectivity index (χ3v) is 3.90. The maximum Gasteiger partial charge on any atom is 0.303 e. The molecule has 0 aromatic heterocycles. The molecule has 0 bridgehead atoms. The summed E-state index contributed by atoms with van der Waals surface area (Å²) in [5.41, 5.74) is 0. The van der Waals surface area contributed by atoms with Crippen molar-refractivity contribution in [2.45, 2.75) is 75.5 Å². The van der Waals surface area contributed by atoms with Crippen molar-refractivity contribution in [2.24, 2.45) is 0 Å². The minimum absolute atomic E-state index is 0.0420. The van der Waals surface area contributed by atoms with Gasteiger partial charge in [0.25, 0.3) is 0 Å². The standard InChI is InChI=1S/C16H28O9/c1-9(18)6-7-10(4-2-3-5-12(19)20)24-16-15(23)14(22)13(21)11(8-17)25-16/h2,4,9-11,13-18,21-23H,3,5-8H2,1H3,(H,19,20)/b4-2+/t9-,10-,11+,13-,14-,15-,16+/m1/s1. The van der Waals surface area contributed by atoms with Gasteiger partial charge < -0.3 is 40.1 Å². The molecule has 0 aromatic rings. The van der Waals surface area contributed by atoms with Crippen molar-refractivity contribution >= 4 is 5.97 Å². The summed E-state index contributed by atoms with van der Waals surface area (Å²) in [5.74, 6) is -0.931. The van der Waals surface area contributed by atoms with Gasteiger partial charge in [-0.25, -0.2) is 0 Å². The lowest BCUT2D eigenvalue weighted by Crippen LogP contribution is -2.59. The number of allylic oxidation sites excluding steroid dienone is 1. The number of carboxylic acid groups (broad SMARTS) is 1. The lowest BCUT2D eigenvalue weighted by Gasteiger charge is -2.40. The summed E-state index contributed by atoms with van der Waals surface area (Å²) >= 11 is 0. The molecule has 0 unspecified atom stereocenters. The zero-order valence-electron chi connectivity index (χ0n) is 14.1. The van der Waals surface area contributed by atoms with Gasteiger partial charge in [-0.1, -0.05) is 12.2 Å². The molecular weight excluding hydrogens is 336 g/mol. The summed E-state index contributed by atoms with van der Waals surface area (Å²) in [6, 6.07) is 0. The zero-order valence-corrected chi connectivity index (χ0v) is 14.1. The first-order valence-electron chi connectivity index (χ1n) is 8.28. The van der Waals surface area contributed by atoms with Crippen LogP contribution in [0.2, 0.25) is 0 Å². The average molecular weight is 364 g/mol. The van der Waals surface area contributed by atoms with E-state index in [2.05, 4.69) is 0 Å². The highest BCUT2D eigenvalue weighted by molar-refractivity contribution is 5.66. The highest BCUT2D eigenvalue weighted by Gasteiger charge is 2.44. The lowest BCUT2D eigenvalue weighted by molar-refractivity contribution is -0.308. The minimum Gasteiger partial charge on any atom is -0.481 e. The van der Waals surface area contributed by atoms with E-state index >= 15 is 0 Å². The molecule has 6 N–H and O–H groups in total. The molecule has 0 aromatic carbocycles. The fraction of sp³-hybridized carbons (Fsp3) is 0.812. The van der Waals surface area contributed by atoms with Crippen molar-refractivity contribution in [3.8, 4) is 0 Å². The van der Waals surface area contributed by atoms with E-state index in [9.17, 15) is 30.3 Å². The molecule has 0 saturated carbocycles. The van der Waals surface area contributed by atoms with Crippen LogP contribution in [0.4, 0.5) is 0 Å². The molecule has 1 aliphatic heterocycles. The van der Waals surface area contributed by atoms with Crippen LogP contribution in [0.25, 0.3) is 0 Å². The molecule has 0 radical (unpaired) electrons. The molecule has 146 valence electrons. The highest BCUT2D eigenvalue weighted by Crippen LogP contribution is 2.24. The second kappa shape index (κ2) is 10.8. The molecule has 7 atom stereocenters. The fourth-order valence-corrected chi connectivity index (χ4v) is 2.42. The summed E-state index contributed by atoms with van der Waals surface area (Å²) in [6.45, 7) is 1.05. The molecule has 0 spiro atoms. The second-order valence-corrected chi connectivity index (χ2v) is 6.16. The normalized spacial score (nSPS) is 32.6. The smallest absolute Gasteiger partial charge is 0.303 e. The van der Waals surface area contributed by atoms with Gasteiger partial charge in [0.2, 0.25) is 0 Å². The number of rotatable bonds is 10. The van der Waals surface area contributed by atoms with Crippen LogP contribution in [0.5, 0.6) is 0 Å². The molecule has 9 nitrogen and oxygen atoms in total. The summed E-state index contributed by atoms with van der Waals surface area (Å²) in [6.07, 6.45) is -3.82. The molecule has 1 fully saturated rings. The number of carbonyl (C=O) groups is 1. The predicted molar refractivity (Wildman–Crippen MR) is 85.6 cm³/mol. The molecule has 0 amide bonds. The largest absolute Gasteiger partial charge is 0.481 e. The Morgan fingerprint density at radius 3 is 2.44 bits per heavy atom. The SMILES string of the molecule is C[C@@H](O)CC[C@@H](/C=C/CCC(=O)O)O[C@H]1O[C@@H](CO)[C@@H](O)[C@@H](O)[C@H]1O. The zero-order chi connectivity index (χ0) is 19.0. The van der Waals surface area contributed by atoms with Crippen LogP contribution in [0, 0.1) is 0 Å². The van der Waals surface area contributed by atoms with E-state index in [0.29, 0.717) is 19.3 Å². The van der Waals surface area contributed by atoms with E-state index < -0.39 is 55.5 Å². The molecule has 9 heteroatoms. The van der Waals surface area contributed by atoms with Crippen molar-refractivity contribution < 1.29 is 44.9 Å². The van der Waals surface area contributed by atoms with Gasteiger partial charge >= 0.3 is 5.97 Å². The Bertz CT molecular complexity index is 424. The van der Waals surface area contributed by atoms with Crippen molar-refractivity contribution in [2.75, 3.05) is 6.61 Å². The Hall–Kier alpha value is -1.07. The minimum atomic E-state index is -1.54. The van der Waals surface area contributed by atoms with E-state index in [1.807, 2.05) is 0 Å². The molecule has 25 heavy (non-hydrogen) atoms. The van der Waals surface area contributed by atoms with Crippen LogP contribution in [0.1, 0.15) is 32.6 Å². The van der Waals surface area contributed by atoms with Gasteiger partial charge in [-0.2, -0.15) is 0 Å². The lowest BCUT2D eigenvalue weighted by atomic mass is 9.99. The Balaban J connectivity index is 2.71. The van der Waals surface area contributed by atoms with E-state index in [-0.39, 0.29) is 6.42 Å². The Kier molecular flexibility index (Phi) is 9.51. The number of ether oxygens (including phenoxy) is 2. The highest BCUT2D eigenvalue weighted by atomic mass is 16.7. The van der Waals surface area contributed by atoms with Gasteiger partial charge in [0.15, 0.2) is 6.29 Å². The first-order chi connectivity index (χ1) is 11.8. The third-order valence-electron chi connectivity index (χ3n) is 3.90. The van der Waals surface area contributed by atoms with E-state index in [1.54, 1.807) is 19.1 Å². The Morgan fingerprint density at radius 1 is 1.20 bits per heavy atom. The molecular formula is C16H28O9. The molecule has 1 saturated heterocycles. The van der Waals surface area contributed by atoms with Crippen LogP contribution in [0.15, 0.2) is 12.2 Å². The molecule has 1 rings (SSSR count). The van der Waals surface area contributed by atoms with Crippen LogP contribution >= 0.6 is 0 Å². The van der Waals surface area contributed by atoms with Gasteiger partial charge in [-0.15, -0.1) is 0 Å². The fourth-order valence-electron chi connectivity index (χ4n) is 2.42. The van der Waals surface area contributed by atoms with Crippen LogP contribution < -0.4 is 0 Å². The average Bonchev–Trinajstić information content (AvgIpc) is 2.56. The van der Waals surface area contributed by atoms with Crippen molar-refractivity contribution in [3.05, 3.63) is 12.2 Å². The Labute approximate surface area is 146 Å². The van der Waals surface area contributed by atoms with Crippen molar-refractivity contribution in [1.29, 1.82) is 0 Å². The summed E-state index contributed by atoms with van der Waals surface area (Å²) in [4.78, 5) is 10.5. The first kappa shape index (κ1) is 22.0. The van der Waals surface area contributed by atoms with Gasteiger partial charge in [0, 0.05) is 6.42 Å². The van der Waals surface area contributed by atoms with Crippen LogP contribution in [0.3, 0.4) is 0 Å². The van der Waals surface area contributed by atoms with Crippen molar-refractivity contribution in [3.63, 3.8) is 0 Å². The number of aliphatic hydroxyl groups is 5. The molecule has 1 aliphatic rings. The topological polar surface area (TPSA) is 157 Å². The van der Waals surface area contributed by atoms with Crippen LogP contribution in [-0.2, 0) is 14.3 Å². The third kappa shape index (κ3) is 7.37. The van der Waals surface area contributed by atoms with Crippen molar-refractivity contribution in [1.82, 2.24) is 0 Å². The van der Waals surface area contributed by atoms with E-state index in [1.165, 1.54) is 0 Å². The number of carboxylic acids is 1. The number of hydrogen-bond acceptors (Lipinski definition) is 8. The number of aliphatic hydroxyl groups excluding tert-OH is 5. The second-order valence-electron chi connectivity index (χ2n) is 6.16. The summed E-state index contributed by atoms with van der Waals surface area (Å²) in [5, 5.41) is 56.8. The van der Waals surface area contributed by atoms with Gasteiger partial charge in [-0.05, 0) is 26.2 Å². The maximum atomic E-state index is 10.5. The van der Waals surface area contributed by atoms with Crippen LogP contribution in [-0.4, -0.2) is 86.1 Å². The molecule has 1 heterocycles. The maximum absolute atomic E-state index is 10.5. The van der Waals surface area contributed by atoms with E-state index in [0.717, 1.165) is 0 Å². The van der Waals surface area contributed by atoms with Gasteiger partial charge in [0.1, 0.15) is 24.4 Å². The van der Waals surface area contributed by atoms with E-state index in [4.69, 9.17) is 14.6 Å². The molecule has 0 aliphatic carbocycles. The number of hydrogen-bond donors (Lipinski definition) is 6. The Morgan fingerprint density at radius 2 is 1.88 bits per heavy atom. The van der Waals surface area contributed by atoms with Gasteiger partial charge in [0.05, 0.1) is 18.8 Å². The monoisotopic (exact) mass is 364 g/mol. The predicted octanol–water partition coefficient (Wildman–Crippen LogP) is -1.25. The first-order valence-corrected chi connectivity index (χ1v) is 8.28. The quantitative estimate of drug-likeness (QED) is 0.261. The summed E-state index contributed by atoms with van der Waals surface area (Å²) in [7, 11) is 0. The summed E-state index contributed by atoms with van der Waals surface area (Å²) < 4.78 is 10.9. The van der Waals surface area contributed by atoms with Gasteiger partial charge in [-0.3, -0.25) is 4.79 Å². The number of aliphatic carboxylic acids is 1.